The molecule has 1 aliphatic heterocycles. The first-order valence-electron chi connectivity index (χ1n) is 5.52. The van der Waals surface area contributed by atoms with Crippen molar-refractivity contribution < 1.29 is 24.2 Å². The summed E-state index contributed by atoms with van der Waals surface area (Å²) in [6.45, 7) is -0.575. The molecular formula is C12H12N2O5. The van der Waals surface area contributed by atoms with Gasteiger partial charge in [0.2, 0.25) is 0 Å². The van der Waals surface area contributed by atoms with E-state index >= 15 is 0 Å². The van der Waals surface area contributed by atoms with Crippen LogP contribution in [0.3, 0.4) is 0 Å². The Labute approximate surface area is 108 Å². The maximum absolute atomic E-state index is 12.1. The molecule has 0 unspecified atom stereocenters. The molecule has 0 atom stereocenters. The highest BCUT2D eigenvalue weighted by atomic mass is 16.5. The number of para-hydroxylation sites is 1. The molecule has 0 spiro atoms. The number of fused-ring (bicyclic) bond motifs is 1. The van der Waals surface area contributed by atoms with E-state index in [1.165, 1.54) is 13.1 Å². The minimum absolute atomic E-state index is 0.167. The van der Waals surface area contributed by atoms with E-state index in [-0.39, 0.29) is 23.8 Å². The van der Waals surface area contributed by atoms with Crippen molar-refractivity contribution >= 4 is 23.5 Å². The molecule has 7 heteroatoms. The zero-order valence-corrected chi connectivity index (χ0v) is 10.2. The molecule has 0 bridgehead atoms. The lowest BCUT2D eigenvalue weighted by Crippen LogP contribution is -2.33. The number of rotatable bonds is 3. The number of nitrogens with one attached hydrogen (secondary N) is 1. The van der Waals surface area contributed by atoms with Crippen LogP contribution in [0.25, 0.3) is 0 Å². The van der Waals surface area contributed by atoms with Crippen molar-refractivity contribution in [2.75, 3.05) is 25.5 Å². The molecule has 7 nitrogen and oxygen atoms in total. The van der Waals surface area contributed by atoms with E-state index in [9.17, 15) is 14.4 Å². The number of nitrogens with zero attached hydrogens (tertiary/aromatic N) is 1. The van der Waals surface area contributed by atoms with Crippen LogP contribution in [0.5, 0.6) is 5.75 Å². The first-order chi connectivity index (χ1) is 8.99. The number of benzene rings is 1. The van der Waals surface area contributed by atoms with Crippen LogP contribution in [0.1, 0.15) is 10.4 Å². The van der Waals surface area contributed by atoms with Gasteiger partial charge in [0, 0.05) is 7.05 Å². The van der Waals surface area contributed by atoms with Crippen molar-refractivity contribution in [2.45, 2.75) is 0 Å². The van der Waals surface area contributed by atoms with Crippen molar-refractivity contribution in [3.8, 4) is 5.75 Å². The number of hydrogen-bond acceptors (Lipinski definition) is 4. The summed E-state index contributed by atoms with van der Waals surface area (Å²) in [4.78, 5) is 34.9. The molecule has 2 rings (SSSR count). The summed E-state index contributed by atoms with van der Waals surface area (Å²) in [5.74, 6) is -1.61. The van der Waals surface area contributed by atoms with E-state index < -0.39 is 18.4 Å². The monoisotopic (exact) mass is 264 g/mol. The van der Waals surface area contributed by atoms with Gasteiger partial charge in [-0.05, 0) is 12.1 Å². The normalized spacial score (nSPS) is 13.0. The topological polar surface area (TPSA) is 95.9 Å². The van der Waals surface area contributed by atoms with Gasteiger partial charge in [0.15, 0.2) is 12.4 Å². The second kappa shape index (κ2) is 4.97. The molecule has 0 fully saturated rings. The average Bonchev–Trinajstić information content (AvgIpc) is 2.36. The van der Waals surface area contributed by atoms with E-state index in [0.717, 1.165) is 4.90 Å². The zero-order valence-electron chi connectivity index (χ0n) is 10.2. The highest BCUT2D eigenvalue weighted by Gasteiger charge is 2.24. The zero-order chi connectivity index (χ0) is 14.0. The molecule has 1 aromatic carbocycles. The lowest BCUT2D eigenvalue weighted by Gasteiger charge is -2.22. The van der Waals surface area contributed by atoms with Gasteiger partial charge in [0.25, 0.3) is 11.8 Å². The molecule has 1 aromatic rings. The van der Waals surface area contributed by atoms with Crippen LogP contribution in [0.2, 0.25) is 0 Å². The molecular weight excluding hydrogens is 252 g/mol. The minimum Gasteiger partial charge on any atom is -0.481 e. The molecule has 100 valence electrons. The van der Waals surface area contributed by atoms with Crippen LogP contribution in [0, 0.1) is 0 Å². The Balaban J connectivity index is 2.30. The molecule has 1 aliphatic rings. The smallest absolute Gasteiger partial charge is 0.323 e. The number of carbonyl (C=O) groups excluding carboxylic acids is 2. The fourth-order valence-corrected chi connectivity index (χ4v) is 1.76. The van der Waals surface area contributed by atoms with Crippen molar-refractivity contribution in [1.82, 2.24) is 4.90 Å². The number of aliphatic carboxylic acids is 1. The van der Waals surface area contributed by atoms with E-state index in [1.807, 2.05) is 0 Å². The van der Waals surface area contributed by atoms with Gasteiger partial charge in [0.1, 0.15) is 6.54 Å². The summed E-state index contributed by atoms with van der Waals surface area (Å²) in [7, 11) is 1.39. The highest BCUT2D eigenvalue weighted by molar-refractivity contribution is 6.03. The van der Waals surface area contributed by atoms with Gasteiger partial charge < -0.3 is 20.1 Å². The molecule has 0 aromatic heterocycles. The van der Waals surface area contributed by atoms with Crippen LogP contribution in [0.4, 0.5) is 5.69 Å². The predicted octanol–water partition coefficient (Wildman–Crippen LogP) is 0.174. The van der Waals surface area contributed by atoms with Crippen molar-refractivity contribution in [2.24, 2.45) is 0 Å². The Morgan fingerprint density at radius 3 is 2.89 bits per heavy atom. The van der Waals surface area contributed by atoms with Crippen molar-refractivity contribution in [3.63, 3.8) is 0 Å². The molecule has 0 aliphatic carbocycles. The summed E-state index contributed by atoms with van der Waals surface area (Å²) in [5.41, 5.74) is 0.632. The van der Waals surface area contributed by atoms with Gasteiger partial charge in [-0.2, -0.15) is 0 Å². The van der Waals surface area contributed by atoms with Crippen LogP contribution in [0.15, 0.2) is 18.2 Å². The lowest BCUT2D eigenvalue weighted by molar-refractivity contribution is -0.137. The first kappa shape index (κ1) is 12.9. The number of hydrogen-bond donors (Lipinski definition) is 2. The standard InChI is InChI=1S/C12H12N2O5/c1-14(5-10(16)17)12(18)7-3-2-4-8-11(7)19-6-9(15)13-8/h2-4H,5-6H2,1H3,(H,13,15)(H,16,17). The third-order valence-electron chi connectivity index (χ3n) is 2.59. The molecule has 0 radical (unpaired) electrons. The van der Waals surface area contributed by atoms with E-state index in [4.69, 9.17) is 9.84 Å². The summed E-state index contributed by atoms with van der Waals surface area (Å²) >= 11 is 0. The first-order valence-corrected chi connectivity index (χ1v) is 5.52. The lowest BCUT2D eigenvalue weighted by atomic mass is 10.1. The van der Waals surface area contributed by atoms with Gasteiger partial charge in [-0.1, -0.05) is 6.07 Å². The number of carboxylic acid groups (broad SMARTS) is 1. The van der Waals surface area contributed by atoms with Crippen LogP contribution in [-0.2, 0) is 9.59 Å². The Bertz CT molecular complexity index is 555. The molecule has 0 saturated heterocycles. The van der Waals surface area contributed by atoms with Crippen molar-refractivity contribution in [1.29, 1.82) is 0 Å². The second-order valence-electron chi connectivity index (χ2n) is 4.07. The molecule has 2 amide bonds. The largest absolute Gasteiger partial charge is 0.481 e. The average molecular weight is 264 g/mol. The van der Waals surface area contributed by atoms with Crippen LogP contribution in [-0.4, -0.2) is 48.0 Å². The van der Waals surface area contributed by atoms with E-state index in [0.29, 0.717) is 5.69 Å². The minimum atomic E-state index is -1.10. The fraction of sp³-hybridized carbons (Fsp3) is 0.250. The number of carboxylic acids is 1. The van der Waals surface area contributed by atoms with Gasteiger partial charge in [0.05, 0.1) is 11.3 Å². The number of ether oxygens (including phenoxy) is 1. The number of anilines is 1. The number of carbonyl (C=O) groups is 3. The van der Waals surface area contributed by atoms with Crippen molar-refractivity contribution in [3.05, 3.63) is 23.8 Å². The van der Waals surface area contributed by atoms with E-state index in [1.54, 1.807) is 12.1 Å². The fourth-order valence-electron chi connectivity index (χ4n) is 1.76. The van der Waals surface area contributed by atoms with Gasteiger partial charge in [-0.3, -0.25) is 14.4 Å². The summed E-state index contributed by atoms with van der Waals surface area (Å²) in [6.07, 6.45) is 0. The summed E-state index contributed by atoms with van der Waals surface area (Å²) < 4.78 is 5.24. The van der Waals surface area contributed by atoms with Gasteiger partial charge in [-0.25, -0.2) is 0 Å². The third-order valence-corrected chi connectivity index (χ3v) is 2.59. The predicted molar refractivity (Wildman–Crippen MR) is 65.2 cm³/mol. The van der Waals surface area contributed by atoms with E-state index in [2.05, 4.69) is 5.32 Å². The maximum atomic E-state index is 12.1. The number of amides is 2. The summed E-state index contributed by atoms with van der Waals surface area (Å²) in [5, 5.41) is 11.3. The van der Waals surface area contributed by atoms with Gasteiger partial charge >= 0.3 is 5.97 Å². The Morgan fingerprint density at radius 1 is 1.47 bits per heavy atom. The van der Waals surface area contributed by atoms with Crippen LogP contribution < -0.4 is 10.1 Å². The van der Waals surface area contributed by atoms with Crippen LogP contribution >= 0.6 is 0 Å². The second-order valence-corrected chi connectivity index (χ2v) is 4.07. The Kier molecular flexibility index (Phi) is 3.37. The Morgan fingerprint density at radius 2 is 2.21 bits per heavy atom. The van der Waals surface area contributed by atoms with Gasteiger partial charge in [-0.15, -0.1) is 0 Å². The SMILES string of the molecule is CN(CC(=O)O)C(=O)c1cccc2c1OCC(=O)N2. The molecule has 0 saturated carbocycles. The Hall–Kier alpha value is -2.57. The molecule has 19 heavy (non-hydrogen) atoms. The molecule has 2 N–H and O–H groups in total. The quantitative estimate of drug-likeness (QED) is 0.811. The third kappa shape index (κ3) is 2.65. The maximum Gasteiger partial charge on any atom is 0.323 e. The highest BCUT2D eigenvalue weighted by Crippen LogP contribution is 2.32. The summed E-state index contributed by atoms with van der Waals surface area (Å²) in [6, 6.07) is 4.73. The number of likely N-dealkylation sites (N-methyl/N-ethyl adjacent to an activating group) is 1. The molecule has 1 heterocycles.